The minimum Gasteiger partial charge on any atom is -0.273 e. The summed E-state index contributed by atoms with van der Waals surface area (Å²) >= 11 is 1.66. The number of rotatable bonds is 5. The van der Waals surface area contributed by atoms with Crippen LogP contribution in [0.3, 0.4) is 0 Å². The molecule has 0 aromatic heterocycles. The summed E-state index contributed by atoms with van der Waals surface area (Å²) < 4.78 is 0. The van der Waals surface area contributed by atoms with E-state index in [9.17, 15) is 9.59 Å². The van der Waals surface area contributed by atoms with Crippen molar-refractivity contribution in [3.05, 3.63) is 30.3 Å². The van der Waals surface area contributed by atoms with Gasteiger partial charge in [-0.05, 0) is 68.4 Å². The first-order chi connectivity index (χ1) is 12.1. The summed E-state index contributed by atoms with van der Waals surface area (Å²) in [6, 6.07) is 10.0. The summed E-state index contributed by atoms with van der Waals surface area (Å²) in [6.45, 7) is 0. The first kappa shape index (κ1) is 17.0. The van der Waals surface area contributed by atoms with Crippen LogP contribution in [-0.2, 0) is 9.59 Å². The van der Waals surface area contributed by atoms with Gasteiger partial charge >= 0.3 is 0 Å². The molecule has 4 aliphatic carbocycles. The Morgan fingerprint density at radius 2 is 1.56 bits per heavy atom. The molecule has 4 fully saturated rings. The fourth-order valence-corrected chi connectivity index (χ4v) is 6.36. The standard InChI is InChI=1S/C20H26N2O2S/c23-18(6-7-25-17-4-2-1-3-5-17)21-22-19(24)20-11-14-8-15(12-20)10-16(9-14)13-20/h1-5,14-16H,6-13H2,(H,21,23)(H,22,24). The lowest BCUT2D eigenvalue weighted by Crippen LogP contribution is -2.56. The molecule has 0 radical (unpaired) electrons. The molecule has 1 aromatic rings. The molecule has 0 unspecified atom stereocenters. The number of hydrogen-bond acceptors (Lipinski definition) is 3. The monoisotopic (exact) mass is 358 g/mol. The Morgan fingerprint density at radius 3 is 2.16 bits per heavy atom. The fraction of sp³-hybridized carbons (Fsp3) is 0.600. The molecule has 1 aromatic carbocycles. The third-order valence-electron chi connectivity index (χ3n) is 6.18. The zero-order chi connectivity index (χ0) is 17.3. The van der Waals surface area contributed by atoms with Gasteiger partial charge in [0.1, 0.15) is 0 Å². The molecule has 0 aliphatic heterocycles. The molecule has 4 aliphatic rings. The number of amides is 2. The van der Waals surface area contributed by atoms with E-state index in [4.69, 9.17) is 0 Å². The van der Waals surface area contributed by atoms with Crippen molar-refractivity contribution >= 4 is 23.6 Å². The normalized spacial score (nSPS) is 32.4. The van der Waals surface area contributed by atoms with Gasteiger partial charge < -0.3 is 0 Å². The van der Waals surface area contributed by atoms with Gasteiger partial charge in [0.25, 0.3) is 0 Å². The number of carbonyl (C=O) groups is 2. The Balaban J connectivity index is 1.23. The molecular weight excluding hydrogens is 332 g/mol. The van der Waals surface area contributed by atoms with E-state index in [1.807, 2.05) is 30.3 Å². The van der Waals surface area contributed by atoms with Crippen LogP contribution < -0.4 is 10.9 Å². The quantitative estimate of drug-likeness (QED) is 0.625. The van der Waals surface area contributed by atoms with Crippen molar-refractivity contribution in [3.63, 3.8) is 0 Å². The van der Waals surface area contributed by atoms with Crippen LogP contribution in [0.1, 0.15) is 44.9 Å². The van der Waals surface area contributed by atoms with Gasteiger partial charge in [0, 0.05) is 17.1 Å². The summed E-state index contributed by atoms with van der Waals surface area (Å²) in [5.74, 6) is 2.85. The summed E-state index contributed by atoms with van der Waals surface area (Å²) in [5, 5.41) is 0. The second-order valence-electron chi connectivity index (χ2n) is 8.11. The highest BCUT2D eigenvalue weighted by molar-refractivity contribution is 7.99. The van der Waals surface area contributed by atoms with Crippen LogP contribution in [0.25, 0.3) is 0 Å². The first-order valence-electron chi connectivity index (χ1n) is 9.40. The summed E-state index contributed by atoms with van der Waals surface area (Å²) in [4.78, 5) is 26.0. The molecule has 0 heterocycles. The molecule has 4 nitrogen and oxygen atoms in total. The van der Waals surface area contributed by atoms with Crippen LogP contribution in [0.4, 0.5) is 0 Å². The van der Waals surface area contributed by atoms with Crippen molar-refractivity contribution in [1.82, 2.24) is 10.9 Å². The maximum atomic E-state index is 12.8. The number of carbonyl (C=O) groups excluding carboxylic acids is 2. The predicted molar refractivity (Wildman–Crippen MR) is 98.7 cm³/mol. The molecule has 4 bridgehead atoms. The topological polar surface area (TPSA) is 58.2 Å². The maximum Gasteiger partial charge on any atom is 0.244 e. The second kappa shape index (κ2) is 7.02. The van der Waals surface area contributed by atoms with Crippen LogP contribution in [-0.4, -0.2) is 17.6 Å². The Labute approximate surface area is 153 Å². The fourth-order valence-electron chi connectivity index (χ4n) is 5.49. The van der Waals surface area contributed by atoms with E-state index in [1.165, 1.54) is 19.3 Å². The van der Waals surface area contributed by atoms with Crippen LogP contribution >= 0.6 is 11.8 Å². The minimum absolute atomic E-state index is 0.0515. The molecule has 0 saturated heterocycles. The highest BCUT2D eigenvalue weighted by Gasteiger charge is 2.54. The molecule has 134 valence electrons. The van der Waals surface area contributed by atoms with Gasteiger partial charge in [-0.15, -0.1) is 11.8 Å². The smallest absolute Gasteiger partial charge is 0.244 e. The Hall–Kier alpha value is -1.49. The first-order valence-corrected chi connectivity index (χ1v) is 10.4. The molecule has 2 amide bonds. The van der Waals surface area contributed by atoms with E-state index in [1.54, 1.807) is 11.8 Å². The molecule has 2 N–H and O–H groups in total. The Morgan fingerprint density at radius 1 is 0.960 bits per heavy atom. The van der Waals surface area contributed by atoms with Gasteiger partial charge in [-0.25, -0.2) is 0 Å². The van der Waals surface area contributed by atoms with Crippen molar-refractivity contribution in [1.29, 1.82) is 0 Å². The highest BCUT2D eigenvalue weighted by atomic mass is 32.2. The average molecular weight is 359 g/mol. The van der Waals surface area contributed by atoms with Gasteiger partial charge in [0.05, 0.1) is 5.41 Å². The van der Waals surface area contributed by atoms with Gasteiger partial charge in [-0.2, -0.15) is 0 Å². The van der Waals surface area contributed by atoms with E-state index in [0.29, 0.717) is 12.2 Å². The van der Waals surface area contributed by atoms with E-state index in [2.05, 4.69) is 10.9 Å². The lowest BCUT2D eigenvalue weighted by atomic mass is 9.49. The summed E-state index contributed by atoms with van der Waals surface area (Å²) in [7, 11) is 0. The predicted octanol–water partition coefficient (Wildman–Crippen LogP) is 3.53. The van der Waals surface area contributed by atoms with Crippen molar-refractivity contribution in [2.45, 2.75) is 49.8 Å². The highest BCUT2D eigenvalue weighted by Crippen LogP contribution is 2.60. The van der Waals surface area contributed by atoms with Gasteiger partial charge in [0.15, 0.2) is 0 Å². The van der Waals surface area contributed by atoms with Crippen LogP contribution in [0.5, 0.6) is 0 Å². The second-order valence-corrected chi connectivity index (χ2v) is 9.28. The Bertz CT molecular complexity index is 611. The number of hydrazine groups is 1. The van der Waals surface area contributed by atoms with E-state index >= 15 is 0 Å². The molecular formula is C20H26N2O2S. The van der Waals surface area contributed by atoms with Gasteiger partial charge in [-0.1, -0.05) is 18.2 Å². The van der Waals surface area contributed by atoms with Crippen molar-refractivity contribution in [3.8, 4) is 0 Å². The lowest BCUT2D eigenvalue weighted by Gasteiger charge is -2.55. The number of hydrogen-bond donors (Lipinski definition) is 2. The molecule has 5 rings (SSSR count). The van der Waals surface area contributed by atoms with Crippen LogP contribution in [0.15, 0.2) is 35.2 Å². The van der Waals surface area contributed by atoms with Crippen molar-refractivity contribution in [2.24, 2.45) is 23.2 Å². The maximum absolute atomic E-state index is 12.8. The van der Waals surface area contributed by atoms with Crippen LogP contribution in [0, 0.1) is 23.2 Å². The Kier molecular flexibility index (Phi) is 4.76. The molecule has 0 spiro atoms. The molecule has 4 saturated carbocycles. The number of nitrogens with one attached hydrogen (secondary N) is 2. The van der Waals surface area contributed by atoms with Crippen molar-refractivity contribution in [2.75, 3.05) is 5.75 Å². The zero-order valence-electron chi connectivity index (χ0n) is 14.5. The number of benzene rings is 1. The summed E-state index contributed by atoms with van der Waals surface area (Å²) in [5.41, 5.74) is 5.17. The largest absolute Gasteiger partial charge is 0.273 e. The SMILES string of the molecule is O=C(CCSc1ccccc1)NNC(=O)C12CC3CC(CC(C3)C1)C2. The lowest BCUT2D eigenvalue weighted by molar-refractivity contribution is -0.148. The zero-order valence-corrected chi connectivity index (χ0v) is 15.3. The molecule has 25 heavy (non-hydrogen) atoms. The van der Waals surface area contributed by atoms with E-state index in [0.717, 1.165) is 41.9 Å². The third kappa shape index (κ3) is 3.71. The van der Waals surface area contributed by atoms with Crippen molar-refractivity contribution < 1.29 is 9.59 Å². The third-order valence-corrected chi connectivity index (χ3v) is 7.19. The van der Waals surface area contributed by atoms with Crippen LogP contribution in [0.2, 0.25) is 0 Å². The average Bonchev–Trinajstić information content (AvgIpc) is 2.59. The van der Waals surface area contributed by atoms with Gasteiger partial charge in [-0.3, -0.25) is 20.4 Å². The van der Waals surface area contributed by atoms with Gasteiger partial charge in [0.2, 0.25) is 11.8 Å². The molecule has 5 heteroatoms. The van der Waals surface area contributed by atoms with E-state index < -0.39 is 0 Å². The minimum atomic E-state index is -0.208. The van der Waals surface area contributed by atoms with E-state index in [-0.39, 0.29) is 17.2 Å². The molecule has 0 atom stereocenters. The summed E-state index contributed by atoms with van der Waals surface area (Å²) in [6.07, 6.45) is 7.40. The number of thioether (sulfide) groups is 1.